The Morgan fingerprint density at radius 2 is 1.92 bits per heavy atom. The molecule has 13 heavy (non-hydrogen) atoms. The largest absolute Gasteiger partial charge is 0.342 e. The number of hydrogen-bond acceptors (Lipinski definition) is 1. The summed E-state index contributed by atoms with van der Waals surface area (Å²) in [5, 5.41) is 0. The minimum absolute atomic E-state index is 0.232. The minimum Gasteiger partial charge on any atom is -0.342 e. The first kappa shape index (κ1) is 8.91. The summed E-state index contributed by atoms with van der Waals surface area (Å²) in [6.45, 7) is 1.43. The lowest BCUT2D eigenvalue weighted by atomic mass is 10.3. The third-order valence-corrected chi connectivity index (χ3v) is 3.12. The summed E-state index contributed by atoms with van der Waals surface area (Å²) in [6, 6.07) is 0.232. The first-order chi connectivity index (χ1) is 5.96. The molecule has 4 heteroatoms. The molecule has 0 heterocycles. The maximum Gasteiger partial charge on any atom is 0.263 e. The number of halogens is 2. The van der Waals surface area contributed by atoms with Gasteiger partial charge < -0.3 is 4.90 Å². The predicted molar refractivity (Wildman–Crippen MR) is 43.4 cm³/mol. The quantitative estimate of drug-likeness (QED) is 0.644. The number of carbonyl (C=O) groups excluding carboxylic acids is 1. The normalized spacial score (nSPS) is 35.7. The molecule has 2 atom stereocenters. The third kappa shape index (κ3) is 1.23. The monoisotopic (exact) mass is 189 g/mol. The summed E-state index contributed by atoms with van der Waals surface area (Å²) < 4.78 is 25.7. The molecule has 0 N–H and O–H groups in total. The van der Waals surface area contributed by atoms with E-state index in [0.717, 1.165) is 12.8 Å². The molecule has 0 spiro atoms. The summed E-state index contributed by atoms with van der Waals surface area (Å²) in [6.07, 6.45) is 1.93. The SMILES string of the molecule is CC1C(C(=O)N(C)C2CC2)C1(F)F. The number of alkyl halides is 2. The van der Waals surface area contributed by atoms with Crippen LogP contribution in [0.15, 0.2) is 0 Å². The first-order valence-electron chi connectivity index (χ1n) is 4.60. The van der Waals surface area contributed by atoms with Crippen LogP contribution in [0.2, 0.25) is 0 Å². The van der Waals surface area contributed by atoms with Crippen molar-refractivity contribution in [1.82, 2.24) is 4.90 Å². The van der Waals surface area contributed by atoms with E-state index in [9.17, 15) is 13.6 Å². The van der Waals surface area contributed by atoms with E-state index in [0.29, 0.717) is 0 Å². The Balaban J connectivity index is 1.98. The highest BCUT2D eigenvalue weighted by molar-refractivity contribution is 5.83. The molecule has 2 nitrogen and oxygen atoms in total. The zero-order chi connectivity index (χ0) is 9.80. The van der Waals surface area contributed by atoms with Crippen LogP contribution in [-0.2, 0) is 4.79 Å². The fourth-order valence-electron chi connectivity index (χ4n) is 1.72. The van der Waals surface area contributed by atoms with Gasteiger partial charge in [0.1, 0.15) is 5.92 Å². The second-order valence-corrected chi connectivity index (χ2v) is 4.12. The zero-order valence-corrected chi connectivity index (χ0v) is 7.76. The van der Waals surface area contributed by atoms with Gasteiger partial charge in [0.05, 0.1) is 0 Å². The number of carbonyl (C=O) groups is 1. The van der Waals surface area contributed by atoms with Crippen molar-refractivity contribution in [2.45, 2.75) is 31.7 Å². The van der Waals surface area contributed by atoms with Crippen LogP contribution in [-0.4, -0.2) is 29.8 Å². The van der Waals surface area contributed by atoms with Crippen LogP contribution in [0.4, 0.5) is 8.78 Å². The van der Waals surface area contributed by atoms with Gasteiger partial charge >= 0.3 is 0 Å². The molecule has 0 aromatic carbocycles. The zero-order valence-electron chi connectivity index (χ0n) is 7.76. The lowest BCUT2D eigenvalue weighted by Gasteiger charge is -2.15. The standard InChI is InChI=1S/C9H13F2NO/c1-5-7(9(5,10)11)8(13)12(2)6-3-4-6/h5-7H,3-4H2,1-2H3. The molecule has 2 aliphatic rings. The van der Waals surface area contributed by atoms with Gasteiger partial charge in [0, 0.05) is 19.0 Å². The molecule has 1 amide bonds. The Morgan fingerprint density at radius 3 is 2.23 bits per heavy atom. The highest BCUT2D eigenvalue weighted by Gasteiger charge is 2.70. The second kappa shape index (κ2) is 2.42. The van der Waals surface area contributed by atoms with Crippen LogP contribution < -0.4 is 0 Å². The van der Waals surface area contributed by atoms with Crippen molar-refractivity contribution in [3.8, 4) is 0 Å². The van der Waals surface area contributed by atoms with Gasteiger partial charge in [-0.15, -0.1) is 0 Å². The Bertz CT molecular complexity index is 250. The van der Waals surface area contributed by atoms with Crippen molar-refractivity contribution < 1.29 is 13.6 Å². The summed E-state index contributed by atoms with van der Waals surface area (Å²) in [7, 11) is 1.63. The van der Waals surface area contributed by atoms with Crippen molar-refractivity contribution in [1.29, 1.82) is 0 Å². The summed E-state index contributed by atoms with van der Waals surface area (Å²) in [4.78, 5) is 12.9. The lowest BCUT2D eigenvalue weighted by molar-refractivity contribution is -0.134. The molecule has 2 rings (SSSR count). The van der Waals surface area contributed by atoms with Gasteiger partial charge in [0.2, 0.25) is 5.91 Å². The van der Waals surface area contributed by atoms with E-state index in [1.54, 1.807) is 7.05 Å². The van der Waals surface area contributed by atoms with Crippen LogP contribution >= 0.6 is 0 Å². The third-order valence-electron chi connectivity index (χ3n) is 3.12. The van der Waals surface area contributed by atoms with E-state index >= 15 is 0 Å². The highest BCUT2D eigenvalue weighted by atomic mass is 19.3. The molecule has 2 fully saturated rings. The molecule has 0 aromatic heterocycles. The molecule has 0 saturated heterocycles. The van der Waals surface area contributed by atoms with Crippen molar-refractivity contribution in [2.75, 3.05) is 7.05 Å². The van der Waals surface area contributed by atoms with Gasteiger partial charge in [0.15, 0.2) is 0 Å². The van der Waals surface area contributed by atoms with Gasteiger partial charge in [0.25, 0.3) is 5.92 Å². The smallest absolute Gasteiger partial charge is 0.263 e. The highest BCUT2D eigenvalue weighted by Crippen LogP contribution is 2.56. The van der Waals surface area contributed by atoms with Crippen LogP contribution in [0.3, 0.4) is 0 Å². The Hall–Kier alpha value is -0.670. The molecule has 2 unspecified atom stereocenters. The van der Waals surface area contributed by atoms with Crippen molar-refractivity contribution in [3.63, 3.8) is 0 Å². The average Bonchev–Trinajstić information content (AvgIpc) is 2.90. The van der Waals surface area contributed by atoms with Gasteiger partial charge in [-0.05, 0) is 12.8 Å². The summed E-state index contributed by atoms with van der Waals surface area (Å²) in [5.74, 6) is -4.93. The Labute approximate surface area is 75.9 Å². The van der Waals surface area contributed by atoms with Crippen LogP contribution in [0.1, 0.15) is 19.8 Å². The minimum atomic E-state index is -2.75. The fraction of sp³-hybridized carbons (Fsp3) is 0.889. The molecule has 74 valence electrons. The van der Waals surface area contributed by atoms with Gasteiger partial charge in [-0.25, -0.2) is 8.78 Å². The molecular weight excluding hydrogens is 176 g/mol. The van der Waals surface area contributed by atoms with E-state index in [4.69, 9.17) is 0 Å². The molecular formula is C9H13F2NO. The Morgan fingerprint density at radius 1 is 1.46 bits per heavy atom. The van der Waals surface area contributed by atoms with E-state index < -0.39 is 17.8 Å². The fourth-order valence-corrected chi connectivity index (χ4v) is 1.72. The molecule has 2 saturated carbocycles. The molecule has 0 aromatic rings. The number of hydrogen-bond donors (Lipinski definition) is 0. The number of amides is 1. The van der Waals surface area contributed by atoms with Crippen molar-refractivity contribution in [2.24, 2.45) is 11.8 Å². The average molecular weight is 189 g/mol. The van der Waals surface area contributed by atoms with Crippen LogP contribution in [0, 0.1) is 11.8 Å². The molecule has 0 aliphatic heterocycles. The van der Waals surface area contributed by atoms with Gasteiger partial charge in [-0.2, -0.15) is 0 Å². The molecule has 0 radical (unpaired) electrons. The second-order valence-electron chi connectivity index (χ2n) is 4.12. The summed E-state index contributed by atoms with van der Waals surface area (Å²) >= 11 is 0. The molecule has 2 aliphatic carbocycles. The maximum atomic E-state index is 12.8. The van der Waals surface area contributed by atoms with Crippen molar-refractivity contribution >= 4 is 5.91 Å². The summed E-state index contributed by atoms with van der Waals surface area (Å²) in [5.41, 5.74) is 0. The van der Waals surface area contributed by atoms with E-state index in [-0.39, 0.29) is 11.9 Å². The lowest BCUT2D eigenvalue weighted by Crippen LogP contribution is -2.31. The first-order valence-corrected chi connectivity index (χ1v) is 4.60. The van der Waals surface area contributed by atoms with E-state index in [2.05, 4.69) is 0 Å². The molecule has 0 bridgehead atoms. The van der Waals surface area contributed by atoms with E-state index in [1.165, 1.54) is 11.8 Å². The van der Waals surface area contributed by atoms with E-state index in [1.807, 2.05) is 0 Å². The van der Waals surface area contributed by atoms with Crippen molar-refractivity contribution in [3.05, 3.63) is 0 Å². The Kier molecular flexibility index (Phi) is 1.66. The maximum absolute atomic E-state index is 12.8. The van der Waals surface area contributed by atoms with Gasteiger partial charge in [-0.1, -0.05) is 6.92 Å². The predicted octanol–water partition coefficient (Wildman–Crippen LogP) is 1.51. The number of nitrogens with zero attached hydrogens (tertiary/aromatic N) is 1. The van der Waals surface area contributed by atoms with Crippen LogP contribution in [0.25, 0.3) is 0 Å². The van der Waals surface area contributed by atoms with Gasteiger partial charge in [-0.3, -0.25) is 4.79 Å². The number of rotatable bonds is 2. The topological polar surface area (TPSA) is 20.3 Å². The van der Waals surface area contributed by atoms with Crippen LogP contribution in [0.5, 0.6) is 0 Å².